The second-order valence-corrected chi connectivity index (χ2v) is 8.80. The fourth-order valence-corrected chi connectivity index (χ4v) is 4.36. The Balaban J connectivity index is 1.60. The third-order valence-corrected chi connectivity index (χ3v) is 6.16. The van der Waals surface area contributed by atoms with Gasteiger partial charge in [-0.2, -0.15) is 0 Å². The van der Waals surface area contributed by atoms with Crippen LogP contribution in [0.2, 0.25) is 0 Å². The maximum Gasteiger partial charge on any atom is 0.338 e. The van der Waals surface area contributed by atoms with E-state index in [9.17, 15) is 22.4 Å². The Morgan fingerprint density at radius 2 is 1.73 bits per heavy atom. The maximum atomic E-state index is 13.0. The molecule has 1 amide bonds. The van der Waals surface area contributed by atoms with Crippen LogP contribution in [0.25, 0.3) is 0 Å². The van der Waals surface area contributed by atoms with Crippen LogP contribution >= 0.6 is 0 Å². The van der Waals surface area contributed by atoms with Gasteiger partial charge in [-0.1, -0.05) is 25.3 Å². The minimum absolute atomic E-state index is 0.00227. The van der Waals surface area contributed by atoms with Crippen molar-refractivity contribution in [1.82, 2.24) is 5.32 Å². The number of hydrogen-bond acceptors (Lipinski definition) is 5. The number of rotatable bonds is 7. The van der Waals surface area contributed by atoms with Crippen LogP contribution < -0.4 is 10.0 Å². The van der Waals surface area contributed by atoms with Crippen molar-refractivity contribution in [3.63, 3.8) is 0 Å². The number of halogens is 1. The molecule has 3 rings (SSSR count). The first kappa shape index (κ1) is 21.8. The van der Waals surface area contributed by atoms with Crippen LogP contribution in [-0.2, 0) is 19.6 Å². The van der Waals surface area contributed by atoms with Crippen LogP contribution in [0.4, 0.5) is 10.1 Å². The molecule has 160 valence electrons. The average Bonchev–Trinajstić information content (AvgIpc) is 2.74. The zero-order valence-electron chi connectivity index (χ0n) is 16.3. The van der Waals surface area contributed by atoms with E-state index < -0.39 is 28.4 Å². The zero-order valence-corrected chi connectivity index (χ0v) is 17.1. The minimum Gasteiger partial charge on any atom is -0.452 e. The van der Waals surface area contributed by atoms with Crippen molar-refractivity contribution in [3.05, 3.63) is 59.9 Å². The summed E-state index contributed by atoms with van der Waals surface area (Å²) in [5.74, 6) is -1.67. The van der Waals surface area contributed by atoms with Gasteiger partial charge in [0.05, 0.1) is 10.5 Å². The summed E-state index contributed by atoms with van der Waals surface area (Å²) in [5.41, 5.74) is 0.186. The molecule has 1 saturated carbocycles. The molecule has 0 bridgehead atoms. The minimum atomic E-state index is -3.99. The lowest BCUT2D eigenvalue weighted by Gasteiger charge is -2.22. The van der Waals surface area contributed by atoms with E-state index in [1.807, 2.05) is 0 Å². The van der Waals surface area contributed by atoms with E-state index in [0.717, 1.165) is 50.3 Å². The van der Waals surface area contributed by atoms with Gasteiger partial charge in [0.2, 0.25) is 0 Å². The lowest BCUT2D eigenvalue weighted by molar-refractivity contribution is -0.125. The number of anilines is 1. The number of esters is 1. The summed E-state index contributed by atoms with van der Waals surface area (Å²) in [5, 5.41) is 2.84. The molecule has 9 heteroatoms. The van der Waals surface area contributed by atoms with E-state index in [1.165, 1.54) is 30.3 Å². The molecule has 2 aromatic rings. The van der Waals surface area contributed by atoms with E-state index in [1.54, 1.807) is 0 Å². The highest BCUT2D eigenvalue weighted by Crippen LogP contribution is 2.19. The first-order chi connectivity index (χ1) is 14.3. The van der Waals surface area contributed by atoms with Crippen LogP contribution in [0, 0.1) is 5.82 Å². The fraction of sp³-hybridized carbons (Fsp3) is 0.333. The quantitative estimate of drug-likeness (QED) is 0.652. The SMILES string of the molecule is O=C(COC(=O)c1cccc(S(=O)(=O)Nc2ccc(F)cc2)c1)NC1CCCCC1. The van der Waals surface area contributed by atoms with E-state index in [-0.39, 0.29) is 28.1 Å². The number of amides is 1. The smallest absolute Gasteiger partial charge is 0.338 e. The van der Waals surface area contributed by atoms with Crippen molar-refractivity contribution < 1.29 is 27.1 Å². The molecule has 1 aliphatic carbocycles. The van der Waals surface area contributed by atoms with Gasteiger partial charge in [-0.15, -0.1) is 0 Å². The van der Waals surface area contributed by atoms with E-state index in [2.05, 4.69) is 10.0 Å². The largest absolute Gasteiger partial charge is 0.452 e. The molecule has 0 unspecified atom stereocenters. The number of benzene rings is 2. The Labute approximate surface area is 174 Å². The molecule has 2 N–H and O–H groups in total. The summed E-state index contributed by atoms with van der Waals surface area (Å²) in [4.78, 5) is 24.1. The van der Waals surface area contributed by atoms with Gasteiger partial charge < -0.3 is 10.1 Å². The molecular weight excluding hydrogens is 411 g/mol. The van der Waals surface area contributed by atoms with Crippen molar-refractivity contribution in [2.45, 2.75) is 43.0 Å². The Kier molecular flexibility index (Phi) is 7.04. The highest BCUT2D eigenvalue weighted by atomic mass is 32.2. The molecule has 0 saturated heterocycles. The molecule has 0 radical (unpaired) electrons. The van der Waals surface area contributed by atoms with Crippen molar-refractivity contribution in [2.24, 2.45) is 0 Å². The van der Waals surface area contributed by atoms with Crippen LogP contribution in [0.15, 0.2) is 53.4 Å². The van der Waals surface area contributed by atoms with E-state index >= 15 is 0 Å². The monoisotopic (exact) mass is 434 g/mol. The fourth-order valence-electron chi connectivity index (χ4n) is 3.25. The molecule has 0 atom stereocenters. The number of ether oxygens (including phenoxy) is 1. The molecular formula is C21H23FN2O5S. The number of carbonyl (C=O) groups excluding carboxylic acids is 2. The van der Waals surface area contributed by atoms with Crippen molar-refractivity contribution in [1.29, 1.82) is 0 Å². The van der Waals surface area contributed by atoms with E-state index in [4.69, 9.17) is 4.74 Å². The zero-order chi connectivity index (χ0) is 21.6. The van der Waals surface area contributed by atoms with Crippen molar-refractivity contribution in [3.8, 4) is 0 Å². The highest BCUT2D eigenvalue weighted by Gasteiger charge is 2.19. The van der Waals surface area contributed by atoms with Gasteiger partial charge in [-0.3, -0.25) is 9.52 Å². The molecule has 1 fully saturated rings. The number of nitrogens with one attached hydrogen (secondary N) is 2. The topological polar surface area (TPSA) is 102 Å². The summed E-state index contributed by atoms with van der Waals surface area (Å²) >= 11 is 0. The molecule has 0 heterocycles. The van der Waals surface area contributed by atoms with Gasteiger partial charge in [0.1, 0.15) is 5.82 Å². The van der Waals surface area contributed by atoms with Gasteiger partial charge in [-0.25, -0.2) is 17.6 Å². The van der Waals surface area contributed by atoms with Gasteiger partial charge >= 0.3 is 5.97 Å². The third-order valence-electron chi connectivity index (χ3n) is 4.78. The van der Waals surface area contributed by atoms with E-state index in [0.29, 0.717) is 0 Å². The Bertz CT molecular complexity index is 1000. The molecule has 0 aromatic heterocycles. The summed E-state index contributed by atoms with van der Waals surface area (Å²) in [7, 11) is -3.99. The van der Waals surface area contributed by atoms with Gasteiger partial charge in [0, 0.05) is 11.7 Å². The molecule has 0 spiro atoms. The van der Waals surface area contributed by atoms with Crippen molar-refractivity contribution >= 4 is 27.6 Å². The van der Waals surface area contributed by atoms with Crippen molar-refractivity contribution in [2.75, 3.05) is 11.3 Å². The summed E-state index contributed by atoms with van der Waals surface area (Å²) in [6.45, 7) is -0.430. The molecule has 7 nitrogen and oxygen atoms in total. The number of sulfonamides is 1. The summed E-state index contributed by atoms with van der Waals surface area (Å²) < 4.78 is 45.4. The Morgan fingerprint density at radius 3 is 2.43 bits per heavy atom. The Morgan fingerprint density at radius 1 is 1.03 bits per heavy atom. The molecule has 1 aliphatic rings. The van der Waals surface area contributed by atoms with Crippen LogP contribution in [0.1, 0.15) is 42.5 Å². The second kappa shape index (κ2) is 9.71. The molecule has 2 aromatic carbocycles. The standard InChI is InChI=1S/C21H23FN2O5S/c22-16-9-11-18(12-10-16)24-30(27,28)19-8-4-5-15(13-19)21(26)29-14-20(25)23-17-6-2-1-3-7-17/h4-5,8-13,17,24H,1-3,6-7,14H2,(H,23,25). The lowest BCUT2D eigenvalue weighted by Crippen LogP contribution is -2.38. The predicted octanol–water partition coefficient (Wildman–Crippen LogP) is 3.23. The lowest BCUT2D eigenvalue weighted by atomic mass is 9.95. The van der Waals surface area contributed by atoms with Gasteiger partial charge in [0.25, 0.3) is 15.9 Å². The number of carbonyl (C=O) groups is 2. The second-order valence-electron chi connectivity index (χ2n) is 7.12. The summed E-state index contributed by atoms with van der Waals surface area (Å²) in [6.07, 6.45) is 5.13. The Hall–Kier alpha value is -2.94. The normalized spacial score (nSPS) is 14.7. The number of hydrogen-bond donors (Lipinski definition) is 2. The van der Waals surface area contributed by atoms with Crippen LogP contribution in [-0.4, -0.2) is 32.9 Å². The van der Waals surface area contributed by atoms with Crippen LogP contribution in [0.5, 0.6) is 0 Å². The molecule has 0 aliphatic heterocycles. The third kappa shape index (κ3) is 6.03. The van der Waals surface area contributed by atoms with Gasteiger partial charge in [-0.05, 0) is 55.3 Å². The first-order valence-electron chi connectivity index (χ1n) is 9.68. The van der Waals surface area contributed by atoms with Gasteiger partial charge in [0.15, 0.2) is 6.61 Å². The summed E-state index contributed by atoms with van der Waals surface area (Å²) in [6, 6.07) is 10.2. The average molecular weight is 434 g/mol. The predicted molar refractivity (Wildman–Crippen MR) is 109 cm³/mol. The van der Waals surface area contributed by atoms with Crippen LogP contribution in [0.3, 0.4) is 0 Å². The molecule has 30 heavy (non-hydrogen) atoms. The maximum absolute atomic E-state index is 13.0. The first-order valence-corrected chi connectivity index (χ1v) is 11.2. The highest BCUT2D eigenvalue weighted by molar-refractivity contribution is 7.92.